The minimum absolute atomic E-state index is 0.122. The van der Waals surface area contributed by atoms with E-state index >= 15 is 0 Å². The number of nitrogens with two attached hydrogens (primary N) is 1. The minimum atomic E-state index is 0.122. The molecule has 0 saturated heterocycles. The Morgan fingerprint density at radius 2 is 2.22 bits per heavy atom. The monoisotopic (exact) mass is 375 g/mol. The second kappa shape index (κ2) is 10.8. The number of ether oxygens (including phenoxy) is 1. The Hall–Kier alpha value is -2.28. The van der Waals surface area contributed by atoms with Gasteiger partial charge < -0.3 is 25.8 Å². The molecule has 0 amide bonds. The second-order valence-electron chi connectivity index (χ2n) is 7.02. The fraction of sp³-hybridized carbons (Fsp3) is 0.600. The number of rotatable bonds is 10. The highest BCUT2D eigenvalue weighted by atomic mass is 16.5. The van der Waals surface area contributed by atoms with Crippen molar-refractivity contribution < 1.29 is 9.84 Å². The van der Waals surface area contributed by atoms with Crippen LogP contribution in [-0.2, 0) is 0 Å². The Morgan fingerprint density at radius 1 is 1.41 bits per heavy atom. The number of likely N-dealkylation sites (N-methyl/N-ethyl adjacent to an activating group) is 1. The van der Waals surface area contributed by atoms with E-state index in [9.17, 15) is 5.11 Å². The molecular weight excluding hydrogens is 342 g/mol. The zero-order chi connectivity index (χ0) is 19.6. The topological polar surface area (TPSA) is 96.5 Å². The average molecular weight is 376 g/mol. The molecule has 7 nitrogen and oxygen atoms in total. The summed E-state index contributed by atoms with van der Waals surface area (Å²) in [4.78, 5) is 10.6. The van der Waals surface area contributed by atoms with Gasteiger partial charge in [0.2, 0.25) is 5.95 Å². The van der Waals surface area contributed by atoms with Gasteiger partial charge in [-0.25, -0.2) is 4.98 Å². The van der Waals surface area contributed by atoms with Crippen LogP contribution in [-0.4, -0.2) is 52.8 Å². The molecule has 7 heteroatoms. The van der Waals surface area contributed by atoms with Crippen LogP contribution in [0, 0.1) is 0 Å². The fourth-order valence-corrected chi connectivity index (χ4v) is 3.05. The largest absolute Gasteiger partial charge is 0.482 e. The molecule has 2 heterocycles. The number of aliphatic hydroxyl groups excluding tert-OH is 1. The van der Waals surface area contributed by atoms with Crippen molar-refractivity contribution >= 4 is 11.8 Å². The summed E-state index contributed by atoms with van der Waals surface area (Å²) in [5.74, 6) is 1.36. The number of nitrogens with one attached hydrogen (secondary N) is 1. The Bertz CT molecular complexity index is 660. The highest BCUT2D eigenvalue weighted by Gasteiger charge is 2.15. The van der Waals surface area contributed by atoms with Crippen LogP contribution in [0.5, 0.6) is 5.75 Å². The highest BCUT2D eigenvalue weighted by molar-refractivity contribution is 5.52. The molecule has 0 saturated carbocycles. The van der Waals surface area contributed by atoms with Crippen molar-refractivity contribution in [2.45, 2.75) is 52.0 Å². The second-order valence-corrected chi connectivity index (χ2v) is 7.02. The van der Waals surface area contributed by atoms with E-state index < -0.39 is 0 Å². The highest BCUT2D eigenvalue weighted by Crippen LogP contribution is 2.25. The Balaban J connectivity index is 2.11. The van der Waals surface area contributed by atoms with Crippen molar-refractivity contribution in [3.05, 3.63) is 29.6 Å². The van der Waals surface area contributed by atoms with Crippen molar-refractivity contribution in [2.24, 2.45) is 0 Å². The predicted molar refractivity (Wildman–Crippen MR) is 110 cm³/mol. The molecule has 0 unspecified atom stereocenters. The van der Waals surface area contributed by atoms with Gasteiger partial charge in [0.1, 0.15) is 6.61 Å². The molecule has 0 aromatic carbocycles. The lowest BCUT2D eigenvalue weighted by molar-refractivity contribution is 0.275. The van der Waals surface area contributed by atoms with E-state index in [1.54, 1.807) is 6.20 Å². The van der Waals surface area contributed by atoms with Gasteiger partial charge in [-0.15, -0.1) is 0 Å². The van der Waals surface area contributed by atoms with Crippen molar-refractivity contribution in [2.75, 3.05) is 37.9 Å². The van der Waals surface area contributed by atoms with Crippen molar-refractivity contribution in [3.8, 4) is 5.75 Å². The molecule has 0 aliphatic carbocycles. The number of allylic oxidation sites excluding steroid dienone is 2. The lowest BCUT2D eigenvalue weighted by Crippen LogP contribution is -2.24. The molecule has 0 radical (unpaired) electrons. The Kier molecular flexibility index (Phi) is 8.39. The van der Waals surface area contributed by atoms with Gasteiger partial charge >= 0.3 is 0 Å². The molecule has 1 aliphatic rings. The number of nitrogen functional groups attached to an aromatic ring is 1. The number of unbranched alkanes of at least 4 members (excludes halogenated alkanes) is 1. The van der Waals surface area contributed by atoms with Crippen LogP contribution in [0.2, 0.25) is 0 Å². The van der Waals surface area contributed by atoms with Crippen LogP contribution in [0.3, 0.4) is 0 Å². The fourth-order valence-electron chi connectivity index (χ4n) is 3.05. The van der Waals surface area contributed by atoms with Gasteiger partial charge in [0.05, 0.1) is 11.9 Å². The summed E-state index contributed by atoms with van der Waals surface area (Å²) >= 11 is 0. The smallest absolute Gasteiger partial charge is 0.222 e. The van der Waals surface area contributed by atoms with Crippen LogP contribution in [0.25, 0.3) is 0 Å². The van der Waals surface area contributed by atoms with Gasteiger partial charge in [-0.3, -0.25) is 0 Å². The van der Waals surface area contributed by atoms with Gasteiger partial charge in [-0.05, 0) is 32.3 Å². The third-order valence-corrected chi connectivity index (χ3v) is 4.69. The van der Waals surface area contributed by atoms with E-state index in [1.165, 1.54) is 5.57 Å². The molecule has 0 spiro atoms. The van der Waals surface area contributed by atoms with E-state index in [0.717, 1.165) is 37.9 Å². The van der Waals surface area contributed by atoms with Crippen molar-refractivity contribution in [3.63, 3.8) is 0 Å². The maximum Gasteiger partial charge on any atom is 0.222 e. The zero-order valence-electron chi connectivity index (χ0n) is 16.7. The first kappa shape index (κ1) is 21.0. The first-order chi connectivity index (χ1) is 13.0. The summed E-state index contributed by atoms with van der Waals surface area (Å²) in [7, 11) is 2.07. The Morgan fingerprint density at radius 3 is 2.96 bits per heavy atom. The molecule has 1 aromatic heterocycles. The first-order valence-corrected chi connectivity index (χ1v) is 9.74. The van der Waals surface area contributed by atoms with Gasteiger partial charge in [0, 0.05) is 26.2 Å². The SMILES string of the molecule is CCCC[C@@H](CCO)Nc1nc(N)ncc1OCC1=CC(C)=CCCN1C. The summed E-state index contributed by atoms with van der Waals surface area (Å²) < 4.78 is 6.05. The lowest BCUT2D eigenvalue weighted by Gasteiger charge is -2.23. The standard InChI is InChI=1S/C20H33N5O2/c1-4-5-8-16(9-11-26)23-19-18(13-22-20(21)24-19)27-14-17-12-15(2)7-6-10-25(17)3/h7,12-13,16,26H,4-6,8-11,14H2,1-3H3,(H3,21,22,23,24)/t16-/m0/s1. The maximum absolute atomic E-state index is 9.35. The molecule has 0 fully saturated rings. The molecule has 2 rings (SSSR count). The Labute approximate surface area is 162 Å². The van der Waals surface area contributed by atoms with Crippen LogP contribution < -0.4 is 15.8 Å². The summed E-state index contributed by atoms with van der Waals surface area (Å²) in [5, 5.41) is 12.7. The molecule has 0 bridgehead atoms. The first-order valence-electron chi connectivity index (χ1n) is 9.74. The quantitative estimate of drug-likeness (QED) is 0.578. The van der Waals surface area contributed by atoms with Crippen LogP contribution in [0.1, 0.15) is 46.0 Å². The number of hydrogen-bond acceptors (Lipinski definition) is 7. The molecular formula is C20H33N5O2. The number of anilines is 2. The lowest BCUT2D eigenvalue weighted by atomic mass is 10.1. The number of nitrogens with zero attached hydrogens (tertiary/aromatic N) is 3. The van der Waals surface area contributed by atoms with Crippen molar-refractivity contribution in [1.29, 1.82) is 0 Å². The maximum atomic E-state index is 9.35. The predicted octanol–water partition coefficient (Wildman–Crippen LogP) is 2.96. The van der Waals surface area contributed by atoms with E-state index in [0.29, 0.717) is 24.6 Å². The van der Waals surface area contributed by atoms with Gasteiger partial charge in [0.25, 0.3) is 0 Å². The summed E-state index contributed by atoms with van der Waals surface area (Å²) in [5.41, 5.74) is 8.14. The summed E-state index contributed by atoms with van der Waals surface area (Å²) in [6, 6.07) is 0.122. The minimum Gasteiger partial charge on any atom is -0.482 e. The van der Waals surface area contributed by atoms with Crippen LogP contribution in [0.15, 0.2) is 29.6 Å². The third kappa shape index (κ3) is 6.75. The molecule has 150 valence electrons. The van der Waals surface area contributed by atoms with E-state index in [2.05, 4.69) is 53.2 Å². The van der Waals surface area contributed by atoms with E-state index in [4.69, 9.17) is 10.5 Å². The number of aliphatic hydroxyl groups is 1. The number of hydrogen-bond donors (Lipinski definition) is 3. The molecule has 1 aromatic rings. The van der Waals surface area contributed by atoms with Crippen molar-refractivity contribution in [1.82, 2.24) is 14.9 Å². The van der Waals surface area contributed by atoms with E-state index in [-0.39, 0.29) is 18.6 Å². The van der Waals surface area contributed by atoms with E-state index in [1.807, 2.05) is 0 Å². The van der Waals surface area contributed by atoms with Gasteiger partial charge in [-0.1, -0.05) is 31.4 Å². The van der Waals surface area contributed by atoms with Gasteiger partial charge in [0.15, 0.2) is 11.6 Å². The summed E-state index contributed by atoms with van der Waals surface area (Å²) in [6.07, 6.45) is 10.8. The molecule has 27 heavy (non-hydrogen) atoms. The average Bonchev–Trinajstić information content (AvgIpc) is 2.79. The third-order valence-electron chi connectivity index (χ3n) is 4.69. The van der Waals surface area contributed by atoms with Crippen LogP contribution in [0.4, 0.5) is 11.8 Å². The molecule has 1 atom stereocenters. The van der Waals surface area contributed by atoms with Gasteiger partial charge in [-0.2, -0.15) is 4.98 Å². The van der Waals surface area contributed by atoms with Crippen LogP contribution >= 0.6 is 0 Å². The molecule has 4 N–H and O–H groups in total. The normalized spacial score (nSPS) is 15.6. The zero-order valence-corrected chi connectivity index (χ0v) is 16.7. The molecule has 1 aliphatic heterocycles. The number of aromatic nitrogens is 2. The summed E-state index contributed by atoms with van der Waals surface area (Å²) in [6.45, 7) is 5.78.